The zero-order chi connectivity index (χ0) is 55.6. The summed E-state index contributed by atoms with van der Waals surface area (Å²) in [4.78, 5) is 120. The van der Waals surface area contributed by atoms with E-state index < -0.39 is 63.8 Å². The fourth-order valence-corrected chi connectivity index (χ4v) is 8.08. The quantitative estimate of drug-likeness (QED) is 0.0348. The van der Waals surface area contributed by atoms with E-state index in [-0.39, 0.29) is 114 Å². The second-order valence-corrected chi connectivity index (χ2v) is 21.4. The van der Waals surface area contributed by atoms with Gasteiger partial charge in [0.25, 0.3) is 0 Å². The van der Waals surface area contributed by atoms with E-state index in [2.05, 4.69) is 38.2 Å². The summed E-state index contributed by atoms with van der Waals surface area (Å²) in [5.41, 5.74) is 4.96. The predicted octanol–water partition coefficient (Wildman–Crippen LogP) is 6.40. The van der Waals surface area contributed by atoms with Crippen LogP contribution in [0.4, 0.5) is 0 Å². The molecule has 1 aromatic heterocycles. The highest BCUT2D eigenvalue weighted by atomic mass is 16.5. The van der Waals surface area contributed by atoms with Crippen molar-refractivity contribution in [1.29, 1.82) is 0 Å². The summed E-state index contributed by atoms with van der Waals surface area (Å²) < 4.78 is 10.8. The number of amides is 4. The first-order valence-corrected chi connectivity index (χ1v) is 27.0. The van der Waals surface area contributed by atoms with Crippen molar-refractivity contribution in [2.45, 2.75) is 214 Å². The number of aromatic nitrogens is 2. The van der Waals surface area contributed by atoms with Crippen LogP contribution < -0.4 is 27.0 Å². The van der Waals surface area contributed by atoms with Gasteiger partial charge in [0.1, 0.15) is 30.3 Å². The number of carboxylic acids is 2. The normalized spacial score (nSPS) is 13.1. The number of hydrogen-bond donors (Lipinski definition) is 7. The Labute approximate surface area is 439 Å². The van der Waals surface area contributed by atoms with Gasteiger partial charge >= 0.3 is 11.9 Å². The Morgan fingerprint density at radius 1 is 0.635 bits per heavy atom. The van der Waals surface area contributed by atoms with Gasteiger partial charge in [0, 0.05) is 74.3 Å². The van der Waals surface area contributed by atoms with Gasteiger partial charge in [-0.1, -0.05) is 118 Å². The standard InChI is InChI=1S/C54H92N7O13/c1-8-9-10-11-12-13-14-15-16-17-18-19-20-24-47(66)60-42(51(71)72)25-26-46(65)58-28-29-73-30-31-74-37-48(67)57-27-22-21-23-39(50(69)70)32-43(62)52(2,3)34-44(63)53(4,5)35-45(64)54(6,7)61-49(68)41(55)33-40-36-56-38-59-40/h36,38-39,41-42,55H,8-35,37H2,1-7H3,(H,56,59)(H,57,67)(H,58,65)(H,60,66)(H,61,68)(H,69,70)(H,71,72)/t39-,41+,42+/m1/s1. The number of carbonyl (C=O) groups is 9. The zero-order valence-electron chi connectivity index (χ0n) is 45.7. The van der Waals surface area contributed by atoms with Crippen LogP contribution in [0.2, 0.25) is 0 Å². The second-order valence-electron chi connectivity index (χ2n) is 21.4. The fourth-order valence-electron chi connectivity index (χ4n) is 8.08. The van der Waals surface area contributed by atoms with Crippen LogP contribution in [-0.2, 0) is 59.0 Å². The number of aliphatic carboxylic acids is 2. The smallest absolute Gasteiger partial charge is 0.326 e. The van der Waals surface area contributed by atoms with Crippen LogP contribution in [0.1, 0.15) is 195 Å². The number of ether oxygens (including phenoxy) is 2. The van der Waals surface area contributed by atoms with Crippen LogP contribution in [0.25, 0.3) is 0 Å². The Hall–Kier alpha value is -5.08. The van der Waals surface area contributed by atoms with Gasteiger partial charge in [-0.25, -0.2) is 15.5 Å². The van der Waals surface area contributed by atoms with Gasteiger partial charge in [-0.15, -0.1) is 0 Å². The van der Waals surface area contributed by atoms with Crippen molar-refractivity contribution in [3.63, 3.8) is 0 Å². The third-order valence-corrected chi connectivity index (χ3v) is 13.2. The van der Waals surface area contributed by atoms with E-state index in [1.807, 2.05) is 0 Å². The highest BCUT2D eigenvalue weighted by molar-refractivity contribution is 5.99. The van der Waals surface area contributed by atoms with E-state index >= 15 is 0 Å². The Balaban J connectivity index is 2.25. The molecule has 74 heavy (non-hydrogen) atoms. The molecule has 1 rings (SSSR count). The van der Waals surface area contributed by atoms with Gasteiger partial charge in [0.2, 0.25) is 23.6 Å². The molecule has 0 fully saturated rings. The summed E-state index contributed by atoms with van der Waals surface area (Å²) in [6.07, 6.45) is 18.8. The fraction of sp³-hybridized carbons (Fsp3) is 0.778. The maximum absolute atomic E-state index is 13.5. The number of rotatable bonds is 46. The minimum Gasteiger partial charge on any atom is -0.481 e. The predicted molar refractivity (Wildman–Crippen MR) is 280 cm³/mol. The maximum Gasteiger partial charge on any atom is 0.326 e. The molecule has 1 radical (unpaired) electrons. The molecule has 0 unspecified atom stereocenters. The molecule has 8 N–H and O–H groups in total. The molecule has 1 aromatic rings. The van der Waals surface area contributed by atoms with Crippen molar-refractivity contribution in [3.05, 3.63) is 18.2 Å². The Morgan fingerprint density at radius 2 is 1.20 bits per heavy atom. The van der Waals surface area contributed by atoms with Crippen molar-refractivity contribution in [2.75, 3.05) is 39.5 Å². The van der Waals surface area contributed by atoms with Crippen LogP contribution in [0.15, 0.2) is 12.5 Å². The van der Waals surface area contributed by atoms with E-state index in [4.69, 9.17) is 15.2 Å². The molecule has 0 bridgehead atoms. The molecule has 4 amide bonds. The first-order chi connectivity index (χ1) is 34.9. The topological polar surface area (TPSA) is 313 Å². The maximum atomic E-state index is 13.5. The first kappa shape index (κ1) is 66.9. The summed E-state index contributed by atoms with van der Waals surface area (Å²) in [5.74, 6) is -6.31. The van der Waals surface area contributed by atoms with Crippen LogP contribution in [-0.4, -0.2) is 130 Å². The summed E-state index contributed by atoms with van der Waals surface area (Å²) >= 11 is 0. The highest BCUT2D eigenvalue weighted by Crippen LogP contribution is 2.34. The van der Waals surface area contributed by atoms with E-state index in [0.717, 1.165) is 19.3 Å². The average Bonchev–Trinajstić information content (AvgIpc) is 3.84. The first-order valence-electron chi connectivity index (χ1n) is 27.0. The van der Waals surface area contributed by atoms with Gasteiger partial charge in [-0.2, -0.15) is 0 Å². The number of carbonyl (C=O) groups excluding carboxylic acids is 7. The third kappa shape index (κ3) is 30.3. The lowest BCUT2D eigenvalue weighted by Crippen LogP contribution is -2.54. The molecule has 0 spiro atoms. The molecule has 20 nitrogen and oxygen atoms in total. The molecule has 0 saturated carbocycles. The summed E-state index contributed by atoms with van der Waals surface area (Å²) in [6.45, 7) is 12.1. The minimum absolute atomic E-state index is 0.0434. The molecule has 0 aliphatic carbocycles. The molecular weight excluding hydrogens is 955 g/mol. The lowest BCUT2D eigenvalue weighted by Gasteiger charge is -2.33. The zero-order valence-corrected chi connectivity index (χ0v) is 45.7. The molecule has 421 valence electrons. The Morgan fingerprint density at radius 3 is 1.78 bits per heavy atom. The van der Waals surface area contributed by atoms with Crippen molar-refractivity contribution in [2.24, 2.45) is 16.7 Å². The van der Waals surface area contributed by atoms with Gasteiger partial charge in [-0.05, 0) is 39.5 Å². The Kier molecular flexibility index (Phi) is 33.3. The number of ketones is 3. The van der Waals surface area contributed by atoms with Crippen LogP contribution in [0.3, 0.4) is 0 Å². The SMILES string of the molecule is CCCCCCCCCCCCCCCC(=O)N[C@@H](CCC(=O)NCCOCCOCC(=O)NCCCC[C@H](CC(=O)C(C)(C)CC(=O)C(C)(C)CC(=O)C(C)(C)NC(=O)[C@@H]([NH])Cc1cnc[nH]1)C(=O)O)C(=O)O. The molecule has 20 heteroatoms. The van der Waals surface area contributed by atoms with Gasteiger partial charge in [0.15, 0.2) is 5.78 Å². The average molecular weight is 1050 g/mol. The lowest BCUT2D eigenvalue weighted by molar-refractivity contribution is -0.146. The molecule has 0 aliphatic rings. The summed E-state index contributed by atoms with van der Waals surface area (Å²) in [5, 5.41) is 29.9. The molecule has 0 saturated heterocycles. The van der Waals surface area contributed by atoms with Crippen LogP contribution in [0, 0.1) is 16.7 Å². The number of Topliss-reactive ketones (excluding diaryl/α,β-unsaturated/α-hetero) is 3. The minimum atomic E-state index is -1.38. The van der Waals surface area contributed by atoms with Gasteiger partial charge < -0.3 is 45.9 Å². The largest absolute Gasteiger partial charge is 0.481 e. The molecule has 0 aliphatic heterocycles. The number of carboxylic acid groups (broad SMARTS) is 2. The van der Waals surface area contributed by atoms with Crippen molar-refractivity contribution in [3.8, 4) is 0 Å². The van der Waals surface area contributed by atoms with Gasteiger partial charge in [0.05, 0.1) is 37.6 Å². The number of nitrogens with one attached hydrogen (secondary N) is 6. The lowest BCUT2D eigenvalue weighted by atomic mass is 9.71. The molecule has 1 heterocycles. The number of H-pyrrole nitrogens is 1. The van der Waals surface area contributed by atoms with E-state index in [9.17, 15) is 53.4 Å². The molecule has 0 aromatic carbocycles. The van der Waals surface area contributed by atoms with E-state index in [0.29, 0.717) is 25.0 Å². The van der Waals surface area contributed by atoms with Crippen molar-refractivity contribution in [1.82, 2.24) is 37.0 Å². The number of imidazole rings is 1. The number of aromatic amines is 1. The van der Waals surface area contributed by atoms with Gasteiger partial charge in [-0.3, -0.25) is 38.4 Å². The molecular formula is C54H92N7O13. The second kappa shape index (κ2) is 36.8. The summed E-state index contributed by atoms with van der Waals surface area (Å²) in [7, 11) is 0. The van der Waals surface area contributed by atoms with E-state index in [1.165, 1.54) is 84.2 Å². The Bertz CT molecular complexity index is 1870. The summed E-state index contributed by atoms with van der Waals surface area (Å²) in [6, 6.07) is -2.35. The van der Waals surface area contributed by atoms with E-state index in [1.54, 1.807) is 27.7 Å². The van der Waals surface area contributed by atoms with Crippen LogP contribution in [0.5, 0.6) is 0 Å². The van der Waals surface area contributed by atoms with Crippen molar-refractivity contribution >= 4 is 52.9 Å². The number of nitrogens with zero attached hydrogens (tertiary/aromatic N) is 1. The van der Waals surface area contributed by atoms with Crippen LogP contribution >= 0.6 is 0 Å². The molecule has 3 atom stereocenters. The third-order valence-electron chi connectivity index (χ3n) is 13.2. The monoisotopic (exact) mass is 1050 g/mol. The number of hydrogen-bond acceptors (Lipinski definition) is 12. The van der Waals surface area contributed by atoms with Crippen molar-refractivity contribution < 1.29 is 62.8 Å². The highest BCUT2D eigenvalue weighted by Gasteiger charge is 2.41. The number of unbranched alkanes of at least 4 members (excludes halogenated alkanes) is 13.